The van der Waals surface area contributed by atoms with E-state index in [1.807, 2.05) is 0 Å². The van der Waals surface area contributed by atoms with Gasteiger partial charge in [0.1, 0.15) is 0 Å². The van der Waals surface area contributed by atoms with Crippen LogP contribution in [0.15, 0.2) is 17.8 Å². The maximum atomic E-state index is 4.59. The fraction of sp³-hybridized carbons (Fsp3) is 0.667. The number of nitrogens with zero attached hydrogens (tertiary/aromatic N) is 3. The van der Waals surface area contributed by atoms with Gasteiger partial charge in [-0.2, -0.15) is 0 Å². The Balaban J connectivity index is 1.67. The van der Waals surface area contributed by atoms with Crippen molar-refractivity contribution in [3.8, 4) is 0 Å². The van der Waals surface area contributed by atoms with Gasteiger partial charge in [-0.15, -0.1) is 11.3 Å². The lowest BCUT2D eigenvalue weighted by Gasteiger charge is -2.19. The van der Waals surface area contributed by atoms with Gasteiger partial charge in [0.15, 0.2) is 4.96 Å². The predicted molar refractivity (Wildman–Crippen MR) is 86.4 cm³/mol. The van der Waals surface area contributed by atoms with Gasteiger partial charge in [-0.05, 0) is 39.4 Å². The van der Waals surface area contributed by atoms with Gasteiger partial charge in [-0.1, -0.05) is 13.8 Å². The summed E-state index contributed by atoms with van der Waals surface area (Å²) >= 11 is 1.68. The van der Waals surface area contributed by atoms with Crippen molar-refractivity contribution in [1.29, 1.82) is 0 Å². The van der Waals surface area contributed by atoms with Gasteiger partial charge in [-0.3, -0.25) is 4.40 Å². The molecule has 2 aromatic heterocycles. The molecule has 0 aliphatic heterocycles. The number of fused-ring (bicyclic) bond motifs is 1. The summed E-state index contributed by atoms with van der Waals surface area (Å²) in [5.41, 5.74) is 1.13. The highest BCUT2D eigenvalue weighted by Crippen LogP contribution is 2.11. The van der Waals surface area contributed by atoms with Gasteiger partial charge in [-0.25, -0.2) is 4.98 Å². The molecule has 2 heterocycles. The average molecular weight is 294 g/mol. The molecule has 0 aromatic carbocycles. The SMILES string of the molecule is CCN(CC)CCCC(C)NCc1cn2ccsc2n1. The summed E-state index contributed by atoms with van der Waals surface area (Å²) in [5.74, 6) is 0. The van der Waals surface area contributed by atoms with Gasteiger partial charge < -0.3 is 10.2 Å². The summed E-state index contributed by atoms with van der Waals surface area (Å²) in [6.45, 7) is 11.1. The van der Waals surface area contributed by atoms with Crippen molar-refractivity contribution in [2.75, 3.05) is 19.6 Å². The first-order chi connectivity index (χ1) is 9.72. The second-order valence-corrected chi connectivity index (χ2v) is 6.15. The van der Waals surface area contributed by atoms with E-state index in [-0.39, 0.29) is 0 Å². The van der Waals surface area contributed by atoms with Gasteiger partial charge >= 0.3 is 0 Å². The first kappa shape index (κ1) is 15.5. The molecule has 1 atom stereocenters. The quantitative estimate of drug-likeness (QED) is 0.771. The largest absolute Gasteiger partial charge is 0.309 e. The van der Waals surface area contributed by atoms with Crippen molar-refractivity contribution in [3.05, 3.63) is 23.5 Å². The van der Waals surface area contributed by atoms with Crippen LogP contribution in [0.25, 0.3) is 4.96 Å². The Kier molecular flexibility index (Phi) is 6.01. The molecule has 0 saturated heterocycles. The van der Waals surface area contributed by atoms with Gasteiger partial charge in [0.05, 0.1) is 5.69 Å². The highest BCUT2D eigenvalue weighted by molar-refractivity contribution is 7.15. The molecule has 112 valence electrons. The average Bonchev–Trinajstić information content (AvgIpc) is 3.02. The molecule has 2 rings (SSSR count). The molecule has 0 bridgehead atoms. The molecule has 0 saturated carbocycles. The second-order valence-electron chi connectivity index (χ2n) is 5.28. The zero-order valence-electron chi connectivity index (χ0n) is 12.8. The number of nitrogens with one attached hydrogen (secondary N) is 1. The molecule has 0 spiro atoms. The lowest BCUT2D eigenvalue weighted by atomic mass is 10.1. The monoisotopic (exact) mass is 294 g/mol. The van der Waals surface area contributed by atoms with Crippen molar-refractivity contribution < 1.29 is 0 Å². The van der Waals surface area contributed by atoms with Crippen molar-refractivity contribution >= 4 is 16.3 Å². The van der Waals surface area contributed by atoms with Crippen LogP contribution in [0.4, 0.5) is 0 Å². The van der Waals surface area contributed by atoms with E-state index >= 15 is 0 Å². The van der Waals surface area contributed by atoms with Crippen LogP contribution in [0, 0.1) is 0 Å². The predicted octanol–water partition coefficient (Wildman–Crippen LogP) is 3.00. The number of rotatable bonds is 9. The molecule has 1 N–H and O–H groups in total. The van der Waals surface area contributed by atoms with Crippen LogP contribution in [0.2, 0.25) is 0 Å². The van der Waals surface area contributed by atoms with Crippen LogP contribution in [-0.2, 0) is 6.54 Å². The Morgan fingerprint density at radius 2 is 2.20 bits per heavy atom. The molecule has 1 unspecified atom stereocenters. The Morgan fingerprint density at radius 3 is 2.90 bits per heavy atom. The fourth-order valence-electron chi connectivity index (χ4n) is 2.40. The Hall–Kier alpha value is -0.910. The molecule has 4 nitrogen and oxygen atoms in total. The minimum absolute atomic E-state index is 0.547. The summed E-state index contributed by atoms with van der Waals surface area (Å²) < 4.78 is 2.09. The van der Waals surface area contributed by atoms with E-state index in [1.165, 1.54) is 19.4 Å². The maximum absolute atomic E-state index is 4.59. The van der Waals surface area contributed by atoms with Crippen molar-refractivity contribution in [3.63, 3.8) is 0 Å². The molecule has 0 amide bonds. The number of thiazole rings is 1. The molecule has 0 aliphatic rings. The van der Waals surface area contributed by atoms with E-state index in [1.54, 1.807) is 11.3 Å². The van der Waals surface area contributed by atoms with Crippen LogP contribution in [0.1, 0.15) is 39.3 Å². The zero-order valence-corrected chi connectivity index (χ0v) is 13.6. The van der Waals surface area contributed by atoms with E-state index in [9.17, 15) is 0 Å². The Bertz CT molecular complexity index is 472. The molecule has 0 aliphatic carbocycles. The Labute approximate surface area is 125 Å². The number of hydrogen-bond acceptors (Lipinski definition) is 4. The molecular weight excluding hydrogens is 268 g/mol. The van der Waals surface area contributed by atoms with Crippen LogP contribution >= 0.6 is 11.3 Å². The molecule has 20 heavy (non-hydrogen) atoms. The minimum Gasteiger partial charge on any atom is -0.309 e. The first-order valence-electron chi connectivity index (χ1n) is 7.59. The van der Waals surface area contributed by atoms with Crippen LogP contribution in [0.3, 0.4) is 0 Å². The third kappa shape index (κ3) is 4.30. The van der Waals surface area contributed by atoms with Crippen LogP contribution < -0.4 is 5.32 Å². The summed E-state index contributed by atoms with van der Waals surface area (Å²) in [6, 6.07) is 0.547. The standard InChI is InChI=1S/C15H26N4S/c1-4-18(5-2)8-6-7-13(3)16-11-14-12-19-9-10-20-15(19)17-14/h9-10,12-13,16H,4-8,11H2,1-3H3. The van der Waals surface area contributed by atoms with Crippen molar-refractivity contribution in [2.24, 2.45) is 0 Å². The normalized spacial score (nSPS) is 13.4. The fourth-order valence-corrected chi connectivity index (χ4v) is 3.12. The lowest BCUT2D eigenvalue weighted by Crippen LogP contribution is -2.28. The molecule has 5 heteroatoms. The first-order valence-corrected chi connectivity index (χ1v) is 8.47. The van der Waals surface area contributed by atoms with E-state index in [4.69, 9.17) is 0 Å². The lowest BCUT2D eigenvalue weighted by molar-refractivity contribution is 0.290. The zero-order chi connectivity index (χ0) is 14.4. The molecule has 0 radical (unpaired) electrons. The van der Waals surface area contributed by atoms with E-state index in [0.29, 0.717) is 6.04 Å². The van der Waals surface area contributed by atoms with E-state index in [0.717, 1.165) is 30.3 Å². The third-order valence-electron chi connectivity index (χ3n) is 3.78. The summed E-state index contributed by atoms with van der Waals surface area (Å²) in [6.07, 6.45) is 6.65. The third-order valence-corrected chi connectivity index (χ3v) is 4.55. The topological polar surface area (TPSA) is 32.6 Å². The second kappa shape index (κ2) is 7.76. The van der Waals surface area contributed by atoms with Gasteiger partial charge in [0.25, 0.3) is 0 Å². The van der Waals surface area contributed by atoms with Crippen molar-refractivity contribution in [1.82, 2.24) is 19.6 Å². The Morgan fingerprint density at radius 1 is 1.40 bits per heavy atom. The highest BCUT2D eigenvalue weighted by Gasteiger charge is 2.06. The number of hydrogen-bond donors (Lipinski definition) is 1. The molecule has 2 aromatic rings. The maximum Gasteiger partial charge on any atom is 0.193 e. The van der Waals surface area contributed by atoms with Crippen molar-refractivity contribution in [2.45, 2.75) is 46.2 Å². The smallest absolute Gasteiger partial charge is 0.193 e. The summed E-state index contributed by atoms with van der Waals surface area (Å²) in [4.78, 5) is 8.15. The number of imidazole rings is 1. The van der Waals surface area contributed by atoms with Crippen LogP contribution in [0.5, 0.6) is 0 Å². The van der Waals surface area contributed by atoms with E-state index in [2.05, 4.69) is 58.1 Å². The highest BCUT2D eigenvalue weighted by atomic mass is 32.1. The molecular formula is C15H26N4S. The van der Waals surface area contributed by atoms with E-state index < -0.39 is 0 Å². The minimum atomic E-state index is 0.547. The molecule has 0 fully saturated rings. The summed E-state index contributed by atoms with van der Waals surface area (Å²) in [5, 5.41) is 5.63. The van der Waals surface area contributed by atoms with Crippen LogP contribution in [-0.4, -0.2) is 40.0 Å². The van der Waals surface area contributed by atoms with Gasteiger partial charge in [0, 0.05) is 30.4 Å². The number of aromatic nitrogens is 2. The van der Waals surface area contributed by atoms with Gasteiger partial charge in [0.2, 0.25) is 0 Å². The summed E-state index contributed by atoms with van der Waals surface area (Å²) in [7, 11) is 0.